The lowest BCUT2D eigenvalue weighted by Gasteiger charge is -2.29. The van der Waals surface area contributed by atoms with Crippen molar-refractivity contribution in [1.82, 2.24) is 25.1 Å². The molecule has 2 unspecified atom stereocenters. The van der Waals surface area contributed by atoms with E-state index in [9.17, 15) is 4.79 Å². The highest BCUT2D eigenvalue weighted by Gasteiger charge is 2.38. The Kier molecular flexibility index (Phi) is 8.45. The molecule has 12 nitrogen and oxygen atoms in total. The Labute approximate surface area is 295 Å². The van der Waals surface area contributed by atoms with E-state index in [0.29, 0.717) is 38.5 Å². The summed E-state index contributed by atoms with van der Waals surface area (Å²) in [6.45, 7) is 12.8. The van der Waals surface area contributed by atoms with Gasteiger partial charge in [-0.15, -0.1) is 11.3 Å². The molecule has 4 N–H and O–H groups in total. The normalized spacial score (nSPS) is 22.9. The lowest BCUT2D eigenvalue weighted by atomic mass is 9.97. The van der Waals surface area contributed by atoms with Gasteiger partial charge in [0.05, 0.1) is 52.0 Å². The second-order valence-corrected chi connectivity index (χ2v) is 14.8. The Morgan fingerprint density at radius 1 is 1.24 bits per heavy atom. The lowest BCUT2D eigenvalue weighted by Crippen LogP contribution is -2.52. The van der Waals surface area contributed by atoms with Crippen molar-refractivity contribution in [3.8, 4) is 22.9 Å². The summed E-state index contributed by atoms with van der Waals surface area (Å²) in [6.07, 6.45) is 2.39. The zero-order valence-electron chi connectivity index (χ0n) is 27.4. The molecule has 6 heterocycles. The molecule has 4 aromatic rings. The molecule has 2 aromatic heterocycles. The molecule has 262 valence electrons. The Bertz CT molecular complexity index is 2070. The number of hydrogen-bond donors (Lipinski definition) is 3. The van der Waals surface area contributed by atoms with E-state index in [-0.39, 0.29) is 102 Å². The number of amides is 2. The number of anilines is 2. The average molecular weight is 725 g/mol. The highest BCUT2D eigenvalue weighted by atomic mass is 35.5. The molecule has 2 amide bonds. The van der Waals surface area contributed by atoms with Crippen LogP contribution in [0.5, 0.6) is 11.8 Å². The van der Waals surface area contributed by atoms with Gasteiger partial charge in [0.2, 0.25) is 5.69 Å². The number of rotatable bonds is 6. The van der Waals surface area contributed by atoms with Gasteiger partial charge in [-0.1, -0.05) is 17.7 Å². The standard InChI is InChI=1S/C34H35ClF2N8O4S/c1-15(21-5-4-9-44(21)3)49-33-42-27-24-29(25(35)22(26(27)37)18-6-7-19(36)30-23(18)28(39-2)31(38)50-30)48-14-20(41-32(24)43-33)16-8-10-45(11-16)34(46)40-17-12-47-13-17/h6-7,15-17,20-21H,4-5,8-14,38H2,1,3H3,(H,40,46)(H,41,42,43)/t15-,16?,20?,21-/m0/s1. The molecule has 4 aliphatic heterocycles. The Hall–Kier alpha value is -4.23. The van der Waals surface area contributed by atoms with Gasteiger partial charge in [0.25, 0.3) is 0 Å². The first-order chi connectivity index (χ1) is 24.1. The third-order valence-electron chi connectivity index (χ3n) is 10.3. The number of benzene rings is 2. The summed E-state index contributed by atoms with van der Waals surface area (Å²) >= 11 is 7.98. The number of hydrogen-bond acceptors (Lipinski definition) is 10. The fourth-order valence-electron chi connectivity index (χ4n) is 7.58. The van der Waals surface area contributed by atoms with Crippen molar-refractivity contribution < 1.29 is 27.8 Å². The topological polar surface area (TPSA) is 131 Å². The highest BCUT2D eigenvalue weighted by molar-refractivity contribution is 7.23. The first-order valence-corrected chi connectivity index (χ1v) is 17.8. The predicted octanol–water partition coefficient (Wildman–Crippen LogP) is 6.04. The molecule has 0 aliphatic carbocycles. The van der Waals surface area contributed by atoms with Gasteiger partial charge < -0.3 is 35.5 Å². The van der Waals surface area contributed by atoms with Crippen LogP contribution in [0.2, 0.25) is 5.02 Å². The number of aromatic nitrogens is 2. The SMILES string of the molecule is [C-]#[N+]c1c(N)sc2c(F)ccc(-c3c(Cl)c4c5c(nc(O[C@@H](C)[C@@H]6CCCN6C)nc5c3F)NC(C3CCN(C(=O)NC5COC5)C3)CO4)c12. The van der Waals surface area contributed by atoms with Crippen LogP contribution < -0.4 is 25.8 Å². The van der Waals surface area contributed by atoms with Crippen molar-refractivity contribution in [3.05, 3.63) is 40.2 Å². The number of likely N-dealkylation sites (N-methyl/N-ethyl adjacent to an activating group) is 1. The fourth-order valence-corrected chi connectivity index (χ4v) is 8.85. The van der Waals surface area contributed by atoms with Gasteiger partial charge in [-0.05, 0) is 51.4 Å². The number of carbonyl (C=O) groups is 1. The fraction of sp³-hybridized carbons (Fsp3) is 0.471. The molecule has 0 spiro atoms. The second-order valence-electron chi connectivity index (χ2n) is 13.4. The Balaban J connectivity index is 1.23. The number of carbonyl (C=O) groups excluding carboxylic acids is 1. The first-order valence-electron chi connectivity index (χ1n) is 16.6. The van der Waals surface area contributed by atoms with Gasteiger partial charge in [0.1, 0.15) is 29.9 Å². The van der Waals surface area contributed by atoms with Crippen LogP contribution in [0.3, 0.4) is 0 Å². The monoisotopic (exact) mass is 724 g/mol. The highest BCUT2D eigenvalue weighted by Crippen LogP contribution is 2.52. The van der Waals surface area contributed by atoms with E-state index in [1.807, 2.05) is 14.0 Å². The number of urea groups is 1. The lowest BCUT2D eigenvalue weighted by molar-refractivity contribution is -0.00175. The molecule has 4 atom stereocenters. The summed E-state index contributed by atoms with van der Waals surface area (Å²) in [6, 6.07) is 2.25. The van der Waals surface area contributed by atoms with E-state index in [1.54, 1.807) is 4.90 Å². The molecule has 8 rings (SSSR count). The minimum Gasteiger partial charge on any atom is -0.489 e. The van der Waals surface area contributed by atoms with Gasteiger partial charge in [-0.2, -0.15) is 9.97 Å². The summed E-state index contributed by atoms with van der Waals surface area (Å²) in [5, 5.41) is 6.93. The number of nitrogens with two attached hydrogens (primary N) is 1. The summed E-state index contributed by atoms with van der Waals surface area (Å²) in [5.41, 5.74) is 6.14. The molecule has 4 aliphatic rings. The summed E-state index contributed by atoms with van der Waals surface area (Å²) < 4.78 is 50.2. The number of thiophene rings is 1. The maximum absolute atomic E-state index is 17.1. The number of nitrogens with one attached hydrogen (secondary N) is 2. The van der Waals surface area contributed by atoms with Crippen LogP contribution in [-0.2, 0) is 4.74 Å². The third kappa shape index (κ3) is 5.49. The molecule has 3 saturated heterocycles. The molecular formula is C34H35ClF2N8O4S. The van der Waals surface area contributed by atoms with Crippen LogP contribution in [0.25, 0.3) is 37.0 Å². The van der Waals surface area contributed by atoms with Crippen molar-refractivity contribution in [3.63, 3.8) is 0 Å². The van der Waals surface area contributed by atoms with Crippen molar-refractivity contribution in [1.29, 1.82) is 0 Å². The smallest absolute Gasteiger partial charge is 0.319 e. The quantitative estimate of drug-likeness (QED) is 0.204. The zero-order chi connectivity index (χ0) is 34.8. The minimum absolute atomic E-state index is 0.0134. The number of fused-ring (bicyclic) bond motifs is 1. The van der Waals surface area contributed by atoms with Crippen LogP contribution in [0, 0.1) is 24.1 Å². The predicted molar refractivity (Wildman–Crippen MR) is 187 cm³/mol. The van der Waals surface area contributed by atoms with Gasteiger partial charge in [-0.3, -0.25) is 4.90 Å². The van der Waals surface area contributed by atoms with Crippen LogP contribution in [-0.4, -0.2) is 96.5 Å². The van der Waals surface area contributed by atoms with Crippen LogP contribution in [0.4, 0.5) is 30.1 Å². The molecular weight excluding hydrogens is 690 g/mol. The van der Waals surface area contributed by atoms with E-state index >= 15 is 8.78 Å². The van der Waals surface area contributed by atoms with Crippen LogP contribution >= 0.6 is 22.9 Å². The van der Waals surface area contributed by atoms with Gasteiger partial charge in [-0.25, -0.2) is 18.4 Å². The second kappa shape index (κ2) is 12.8. The maximum Gasteiger partial charge on any atom is 0.319 e. The molecule has 0 bridgehead atoms. The van der Waals surface area contributed by atoms with Crippen molar-refractivity contribution in [2.24, 2.45) is 5.92 Å². The molecule has 0 radical (unpaired) electrons. The molecule has 16 heteroatoms. The average Bonchev–Trinajstić information content (AvgIpc) is 3.79. The minimum atomic E-state index is -0.797. The summed E-state index contributed by atoms with van der Waals surface area (Å²) in [7, 11) is 2.04. The molecule has 50 heavy (non-hydrogen) atoms. The Morgan fingerprint density at radius 3 is 2.78 bits per heavy atom. The first kappa shape index (κ1) is 32.9. The van der Waals surface area contributed by atoms with Crippen LogP contribution in [0.15, 0.2) is 12.1 Å². The van der Waals surface area contributed by atoms with E-state index in [0.717, 1.165) is 30.7 Å². The number of likely N-dealkylation sites (tertiary alicyclic amines) is 2. The number of nitrogens with zero attached hydrogens (tertiary/aromatic N) is 5. The largest absolute Gasteiger partial charge is 0.489 e. The van der Waals surface area contributed by atoms with Gasteiger partial charge in [0, 0.05) is 36.0 Å². The maximum atomic E-state index is 17.1. The van der Waals surface area contributed by atoms with Crippen molar-refractivity contribution >= 4 is 66.5 Å². The number of nitrogen functional groups attached to an aromatic ring is 1. The van der Waals surface area contributed by atoms with Crippen molar-refractivity contribution in [2.75, 3.05) is 57.6 Å². The summed E-state index contributed by atoms with van der Waals surface area (Å²) in [5.74, 6) is -0.958. The molecule has 3 fully saturated rings. The summed E-state index contributed by atoms with van der Waals surface area (Å²) in [4.78, 5) is 29.8. The van der Waals surface area contributed by atoms with E-state index in [4.69, 9.17) is 43.1 Å². The van der Waals surface area contributed by atoms with Gasteiger partial charge >= 0.3 is 12.0 Å². The zero-order valence-corrected chi connectivity index (χ0v) is 29.0. The molecule has 0 saturated carbocycles. The van der Waals surface area contributed by atoms with Crippen molar-refractivity contribution in [2.45, 2.75) is 50.4 Å². The van der Waals surface area contributed by atoms with E-state index in [2.05, 4.69) is 25.4 Å². The molecule has 2 aromatic carbocycles. The third-order valence-corrected chi connectivity index (χ3v) is 11.7. The Morgan fingerprint density at radius 2 is 2.06 bits per heavy atom. The van der Waals surface area contributed by atoms with E-state index in [1.165, 1.54) is 12.1 Å². The van der Waals surface area contributed by atoms with Crippen LogP contribution in [0.1, 0.15) is 26.2 Å². The number of halogens is 3. The van der Waals surface area contributed by atoms with Gasteiger partial charge in [0.15, 0.2) is 11.6 Å². The number of ether oxygens (including phenoxy) is 3. The van der Waals surface area contributed by atoms with E-state index < -0.39 is 11.6 Å².